The number of hydrogen-bond donors (Lipinski definition) is 1. The van der Waals surface area contributed by atoms with E-state index in [4.69, 9.17) is 0 Å². The molecule has 0 radical (unpaired) electrons. The van der Waals surface area contributed by atoms with Crippen LogP contribution in [0, 0.1) is 13.8 Å². The summed E-state index contributed by atoms with van der Waals surface area (Å²) in [7, 11) is 0. The smallest absolute Gasteiger partial charge is 0.0829 e. The minimum absolute atomic E-state index is 0.404. The van der Waals surface area contributed by atoms with E-state index < -0.39 is 6.10 Å². The molecule has 13 heavy (non-hydrogen) atoms. The monoisotopic (exact) mass is 176 g/mol. The molecular weight excluding hydrogens is 160 g/mol. The molecule has 0 aliphatic carbocycles. The first kappa shape index (κ1) is 10.0. The molecule has 1 nitrogen and oxygen atoms in total. The molecule has 1 heteroatoms. The van der Waals surface area contributed by atoms with Crippen molar-refractivity contribution in [1.82, 2.24) is 0 Å². The van der Waals surface area contributed by atoms with Gasteiger partial charge in [-0.1, -0.05) is 24.3 Å². The van der Waals surface area contributed by atoms with Gasteiger partial charge in [0.25, 0.3) is 0 Å². The van der Waals surface area contributed by atoms with E-state index in [0.29, 0.717) is 6.42 Å². The molecule has 0 aliphatic heterocycles. The van der Waals surface area contributed by atoms with Crippen LogP contribution in [0.1, 0.15) is 29.2 Å². The molecule has 1 atom stereocenters. The maximum Gasteiger partial charge on any atom is 0.0829 e. The first-order valence-electron chi connectivity index (χ1n) is 4.52. The molecule has 0 unspecified atom stereocenters. The Labute approximate surface area is 79.7 Å². The second kappa shape index (κ2) is 4.24. The van der Waals surface area contributed by atoms with Crippen LogP contribution in [0.15, 0.2) is 30.9 Å². The lowest BCUT2D eigenvalue weighted by Gasteiger charge is -2.14. The zero-order chi connectivity index (χ0) is 9.84. The molecule has 1 N–H and O–H groups in total. The van der Waals surface area contributed by atoms with Crippen molar-refractivity contribution in [1.29, 1.82) is 0 Å². The third-order valence-corrected chi connectivity index (χ3v) is 2.27. The van der Waals surface area contributed by atoms with Crippen molar-refractivity contribution in [3.8, 4) is 0 Å². The van der Waals surface area contributed by atoms with Crippen molar-refractivity contribution in [2.45, 2.75) is 26.4 Å². The third-order valence-electron chi connectivity index (χ3n) is 2.27. The molecule has 0 aliphatic rings. The van der Waals surface area contributed by atoms with Crippen molar-refractivity contribution in [3.63, 3.8) is 0 Å². The summed E-state index contributed by atoms with van der Waals surface area (Å²) in [6, 6.07) is 6.05. The Kier molecular flexibility index (Phi) is 3.26. The lowest BCUT2D eigenvalue weighted by atomic mass is 9.96. The molecule has 0 fully saturated rings. The van der Waals surface area contributed by atoms with Crippen LogP contribution < -0.4 is 0 Å². The van der Waals surface area contributed by atoms with Crippen LogP contribution in [0.2, 0.25) is 0 Å². The molecule has 0 aromatic heterocycles. The number of aryl methyl sites for hydroxylation is 2. The van der Waals surface area contributed by atoms with Crippen LogP contribution in [0.4, 0.5) is 0 Å². The fourth-order valence-corrected chi connectivity index (χ4v) is 1.63. The highest BCUT2D eigenvalue weighted by atomic mass is 16.3. The zero-order valence-corrected chi connectivity index (χ0v) is 8.25. The van der Waals surface area contributed by atoms with Crippen LogP contribution in [0.3, 0.4) is 0 Å². The highest BCUT2D eigenvalue weighted by Gasteiger charge is 2.10. The number of benzene rings is 1. The number of aliphatic hydroxyl groups is 1. The Morgan fingerprint density at radius 3 is 2.38 bits per heavy atom. The molecule has 70 valence electrons. The van der Waals surface area contributed by atoms with E-state index in [9.17, 15) is 5.11 Å². The van der Waals surface area contributed by atoms with Gasteiger partial charge in [-0.15, -0.1) is 6.58 Å². The van der Waals surface area contributed by atoms with E-state index in [1.54, 1.807) is 6.08 Å². The van der Waals surface area contributed by atoms with Gasteiger partial charge in [0.1, 0.15) is 0 Å². The zero-order valence-electron chi connectivity index (χ0n) is 8.25. The molecule has 0 saturated heterocycles. The van der Waals surface area contributed by atoms with Crippen molar-refractivity contribution in [3.05, 3.63) is 47.5 Å². The first-order valence-corrected chi connectivity index (χ1v) is 4.52. The molecule has 0 spiro atoms. The predicted molar refractivity (Wildman–Crippen MR) is 55.7 cm³/mol. The van der Waals surface area contributed by atoms with Gasteiger partial charge in [0, 0.05) is 0 Å². The minimum atomic E-state index is -0.404. The fourth-order valence-electron chi connectivity index (χ4n) is 1.63. The second-order valence-corrected chi connectivity index (χ2v) is 3.35. The van der Waals surface area contributed by atoms with E-state index >= 15 is 0 Å². The van der Waals surface area contributed by atoms with Crippen LogP contribution >= 0.6 is 0 Å². The molecule has 1 aromatic rings. The van der Waals surface area contributed by atoms with Gasteiger partial charge in [0.2, 0.25) is 0 Å². The average Bonchev–Trinajstić information content (AvgIpc) is 2.04. The van der Waals surface area contributed by atoms with Crippen LogP contribution in [-0.2, 0) is 0 Å². The summed E-state index contributed by atoms with van der Waals surface area (Å²) in [5.74, 6) is 0. The van der Waals surface area contributed by atoms with Gasteiger partial charge in [-0.05, 0) is 37.0 Å². The Hall–Kier alpha value is -1.08. The fraction of sp³-hybridized carbons (Fsp3) is 0.333. The van der Waals surface area contributed by atoms with Gasteiger partial charge >= 0.3 is 0 Å². The molecule has 0 amide bonds. The van der Waals surface area contributed by atoms with Crippen molar-refractivity contribution < 1.29 is 5.11 Å². The van der Waals surface area contributed by atoms with Crippen LogP contribution in [0.25, 0.3) is 0 Å². The maximum atomic E-state index is 9.81. The molecular formula is C12H16O. The summed E-state index contributed by atoms with van der Waals surface area (Å²) in [4.78, 5) is 0. The Balaban J connectivity index is 3.04. The normalized spacial score (nSPS) is 12.5. The van der Waals surface area contributed by atoms with Gasteiger partial charge in [0.15, 0.2) is 0 Å². The topological polar surface area (TPSA) is 20.2 Å². The summed E-state index contributed by atoms with van der Waals surface area (Å²) in [5, 5.41) is 9.81. The van der Waals surface area contributed by atoms with Gasteiger partial charge in [-0.25, -0.2) is 0 Å². The molecule has 1 aromatic carbocycles. The first-order chi connectivity index (χ1) is 6.16. The van der Waals surface area contributed by atoms with Crippen molar-refractivity contribution in [2.24, 2.45) is 0 Å². The average molecular weight is 176 g/mol. The predicted octanol–water partition coefficient (Wildman–Crippen LogP) is 2.91. The molecule has 0 saturated carbocycles. The quantitative estimate of drug-likeness (QED) is 0.702. The molecule has 0 bridgehead atoms. The van der Waals surface area contributed by atoms with Gasteiger partial charge in [0.05, 0.1) is 6.10 Å². The number of hydrogen-bond acceptors (Lipinski definition) is 1. The van der Waals surface area contributed by atoms with E-state index in [0.717, 1.165) is 16.7 Å². The van der Waals surface area contributed by atoms with E-state index in [2.05, 4.69) is 6.58 Å². The summed E-state index contributed by atoms with van der Waals surface area (Å²) < 4.78 is 0. The van der Waals surface area contributed by atoms with Crippen molar-refractivity contribution in [2.75, 3.05) is 0 Å². The van der Waals surface area contributed by atoms with Crippen LogP contribution in [-0.4, -0.2) is 5.11 Å². The van der Waals surface area contributed by atoms with Crippen molar-refractivity contribution >= 4 is 0 Å². The largest absolute Gasteiger partial charge is 0.388 e. The van der Waals surface area contributed by atoms with Gasteiger partial charge < -0.3 is 5.11 Å². The summed E-state index contributed by atoms with van der Waals surface area (Å²) in [6.45, 7) is 7.67. The molecule has 1 rings (SSSR count). The van der Waals surface area contributed by atoms with E-state index in [1.165, 1.54) is 0 Å². The standard InChI is InChI=1S/C12H16O/c1-4-6-11(13)12-9(2)7-5-8-10(12)3/h4-5,7-8,11,13H,1,6H2,2-3H3/t11-/m0/s1. The minimum Gasteiger partial charge on any atom is -0.388 e. The summed E-state index contributed by atoms with van der Waals surface area (Å²) in [5.41, 5.74) is 3.34. The third kappa shape index (κ3) is 2.19. The highest BCUT2D eigenvalue weighted by Crippen LogP contribution is 2.24. The Bertz CT molecular complexity index is 282. The summed E-state index contributed by atoms with van der Waals surface area (Å²) in [6.07, 6.45) is 1.96. The summed E-state index contributed by atoms with van der Waals surface area (Å²) >= 11 is 0. The number of rotatable bonds is 3. The molecule has 0 heterocycles. The van der Waals surface area contributed by atoms with Gasteiger partial charge in [-0.3, -0.25) is 0 Å². The number of aliphatic hydroxyl groups excluding tert-OH is 1. The SMILES string of the molecule is C=CC[C@H](O)c1c(C)cccc1C. The van der Waals surface area contributed by atoms with Gasteiger partial charge in [-0.2, -0.15) is 0 Å². The maximum absolute atomic E-state index is 9.81. The Morgan fingerprint density at radius 1 is 1.38 bits per heavy atom. The highest BCUT2D eigenvalue weighted by molar-refractivity contribution is 5.35. The lowest BCUT2D eigenvalue weighted by molar-refractivity contribution is 0.180. The second-order valence-electron chi connectivity index (χ2n) is 3.35. The van der Waals surface area contributed by atoms with E-state index in [-0.39, 0.29) is 0 Å². The van der Waals surface area contributed by atoms with E-state index in [1.807, 2.05) is 32.0 Å². The lowest BCUT2D eigenvalue weighted by Crippen LogP contribution is -2.01. The van der Waals surface area contributed by atoms with Crippen LogP contribution in [0.5, 0.6) is 0 Å². The Morgan fingerprint density at radius 2 is 1.92 bits per heavy atom.